The predicted molar refractivity (Wildman–Crippen MR) is 149 cm³/mol. The first-order chi connectivity index (χ1) is 18.7. The number of anilines is 4. The molecule has 11 heteroatoms. The summed E-state index contributed by atoms with van der Waals surface area (Å²) in [7, 11) is 0. The second-order valence-corrected chi connectivity index (χ2v) is 9.98. The molecule has 0 bridgehead atoms. The third-order valence-corrected chi connectivity index (χ3v) is 7.08. The number of carbonyl (C=O) groups excluding carboxylic acids is 1. The summed E-state index contributed by atoms with van der Waals surface area (Å²) in [6, 6.07) is 15.5. The van der Waals surface area contributed by atoms with Gasteiger partial charge >= 0.3 is 0 Å². The van der Waals surface area contributed by atoms with Crippen molar-refractivity contribution in [3.05, 3.63) is 71.9 Å². The summed E-state index contributed by atoms with van der Waals surface area (Å²) in [4.78, 5) is 23.5. The first kappa shape index (κ1) is 24.8. The van der Waals surface area contributed by atoms with Crippen molar-refractivity contribution in [2.24, 2.45) is 5.73 Å². The lowest BCUT2D eigenvalue weighted by molar-refractivity contribution is 0.0182. The fourth-order valence-electron chi connectivity index (χ4n) is 5.00. The molecule has 1 aliphatic heterocycles. The number of hydrogen-bond acceptors (Lipinski definition) is 6. The lowest BCUT2D eigenvalue weighted by Gasteiger charge is -2.33. The Labute approximate surface area is 222 Å². The Balaban J connectivity index is 1.36. The standard InChI is InChI=1S/C28H28F2N8O/c1-28(29,30)20-4-2-3-5-21(20)34-27-35-23-13-19(25(14-24(23)36-27)38-10-8-17(31)9-11-38)26(39)33-18-7-6-16-15-32-37-22(16)12-18/h2-7,12-15,17H,8-11,31H2,1H3,(H,32,37)(H,33,39)(H2,34,35,36). The lowest BCUT2D eigenvalue weighted by Crippen LogP contribution is -2.40. The fourth-order valence-corrected chi connectivity index (χ4v) is 5.00. The minimum absolute atomic E-state index is 0.126. The van der Waals surface area contributed by atoms with E-state index in [-0.39, 0.29) is 23.2 Å². The number of para-hydroxylation sites is 1. The van der Waals surface area contributed by atoms with Crippen molar-refractivity contribution < 1.29 is 13.6 Å². The highest BCUT2D eigenvalue weighted by Crippen LogP contribution is 2.35. The average molecular weight is 531 g/mol. The van der Waals surface area contributed by atoms with E-state index in [1.165, 1.54) is 6.07 Å². The van der Waals surface area contributed by atoms with Crippen molar-refractivity contribution in [3.8, 4) is 0 Å². The van der Waals surface area contributed by atoms with Gasteiger partial charge in [-0.25, -0.2) is 13.8 Å². The quantitative estimate of drug-likeness (QED) is 0.198. The Morgan fingerprint density at radius 2 is 1.90 bits per heavy atom. The molecule has 39 heavy (non-hydrogen) atoms. The van der Waals surface area contributed by atoms with Crippen LogP contribution >= 0.6 is 0 Å². The second kappa shape index (κ2) is 9.66. The molecule has 9 nitrogen and oxygen atoms in total. The maximum Gasteiger partial charge on any atom is 0.272 e. The number of amides is 1. The zero-order valence-electron chi connectivity index (χ0n) is 21.3. The van der Waals surface area contributed by atoms with Crippen LogP contribution < -0.4 is 21.3 Å². The minimum Gasteiger partial charge on any atom is -0.371 e. The van der Waals surface area contributed by atoms with Crippen molar-refractivity contribution in [2.45, 2.75) is 31.7 Å². The first-order valence-corrected chi connectivity index (χ1v) is 12.8. The van der Waals surface area contributed by atoms with Gasteiger partial charge in [0.15, 0.2) is 0 Å². The van der Waals surface area contributed by atoms with Crippen LogP contribution in [0.25, 0.3) is 21.9 Å². The van der Waals surface area contributed by atoms with Gasteiger partial charge in [-0.1, -0.05) is 18.2 Å². The van der Waals surface area contributed by atoms with Crippen LogP contribution in [0.5, 0.6) is 0 Å². The number of aromatic amines is 2. The number of aromatic nitrogens is 4. The molecule has 3 aromatic carbocycles. The van der Waals surface area contributed by atoms with Crippen LogP contribution in [0, 0.1) is 0 Å². The van der Waals surface area contributed by atoms with Gasteiger partial charge in [-0.3, -0.25) is 9.89 Å². The number of halogens is 2. The monoisotopic (exact) mass is 530 g/mol. The van der Waals surface area contributed by atoms with Gasteiger partial charge in [0.2, 0.25) is 5.95 Å². The van der Waals surface area contributed by atoms with Crippen LogP contribution in [0.2, 0.25) is 0 Å². The van der Waals surface area contributed by atoms with E-state index in [1.54, 1.807) is 30.5 Å². The van der Waals surface area contributed by atoms with E-state index < -0.39 is 5.92 Å². The molecule has 6 N–H and O–H groups in total. The Hall–Kier alpha value is -4.51. The van der Waals surface area contributed by atoms with E-state index >= 15 is 0 Å². The zero-order valence-corrected chi connectivity index (χ0v) is 21.3. The van der Waals surface area contributed by atoms with Crippen molar-refractivity contribution in [1.82, 2.24) is 20.2 Å². The number of alkyl halides is 2. The van der Waals surface area contributed by atoms with Gasteiger partial charge < -0.3 is 26.3 Å². The van der Waals surface area contributed by atoms with Gasteiger partial charge in [0.25, 0.3) is 11.8 Å². The van der Waals surface area contributed by atoms with E-state index in [1.807, 2.05) is 24.3 Å². The maximum absolute atomic E-state index is 14.2. The number of H-pyrrole nitrogens is 2. The van der Waals surface area contributed by atoms with Gasteiger partial charge in [-0.2, -0.15) is 5.10 Å². The fraction of sp³-hybridized carbons (Fsp3) is 0.250. The Kier molecular flexibility index (Phi) is 6.15. The summed E-state index contributed by atoms with van der Waals surface area (Å²) in [5.74, 6) is -3.00. The van der Waals surface area contributed by atoms with Crippen LogP contribution in [0.3, 0.4) is 0 Å². The largest absolute Gasteiger partial charge is 0.371 e. The Bertz CT molecular complexity index is 1660. The highest BCUT2D eigenvalue weighted by atomic mass is 19.3. The number of benzene rings is 3. The predicted octanol–water partition coefficient (Wildman–Crippen LogP) is 5.47. The summed E-state index contributed by atoms with van der Waals surface area (Å²) < 4.78 is 28.3. The van der Waals surface area contributed by atoms with E-state index in [0.717, 1.165) is 36.4 Å². The molecule has 0 atom stereocenters. The molecule has 0 spiro atoms. The third-order valence-electron chi connectivity index (χ3n) is 7.08. The van der Waals surface area contributed by atoms with E-state index in [0.29, 0.717) is 41.3 Å². The number of rotatable bonds is 6. The second-order valence-electron chi connectivity index (χ2n) is 9.98. The number of nitrogens with zero attached hydrogens (tertiary/aromatic N) is 3. The summed E-state index contributed by atoms with van der Waals surface area (Å²) in [6.45, 7) is 2.28. The van der Waals surface area contributed by atoms with Crippen LogP contribution in [0.1, 0.15) is 35.7 Å². The molecule has 6 rings (SSSR count). The molecular weight excluding hydrogens is 502 g/mol. The topological polar surface area (TPSA) is 128 Å². The van der Waals surface area contributed by atoms with E-state index in [4.69, 9.17) is 5.73 Å². The van der Waals surface area contributed by atoms with Gasteiger partial charge in [0.1, 0.15) is 0 Å². The SMILES string of the molecule is CC(F)(F)c1ccccc1Nc1nc2cc(N3CCC(N)CC3)c(C(=O)Nc3ccc4cn[nH]c4c3)cc2[nH]1. The molecule has 0 saturated carbocycles. The van der Waals surface area contributed by atoms with E-state index in [2.05, 4.69) is 35.7 Å². The average Bonchev–Trinajstić information content (AvgIpc) is 3.53. The third kappa shape index (κ3) is 5.00. The molecule has 2 aromatic heterocycles. The van der Waals surface area contributed by atoms with Gasteiger partial charge in [-0.05, 0) is 49.2 Å². The van der Waals surface area contributed by atoms with Crippen molar-refractivity contribution in [2.75, 3.05) is 28.6 Å². The minimum atomic E-state index is -3.03. The molecule has 0 aliphatic carbocycles. The molecule has 5 aromatic rings. The van der Waals surface area contributed by atoms with Gasteiger partial charge in [0.05, 0.1) is 39.7 Å². The van der Waals surface area contributed by atoms with Crippen LogP contribution in [0.4, 0.5) is 31.8 Å². The number of fused-ring (bicyclic) bond motifs is 2. The van der Waals surface area contributed by atoms with Crippen LogP contribution in [-0.4, -0.2) is 45.2 Å². The lowest BCUT2D eigenvalue weighted by atomic mass is 10.0. The van der Waals surface area contributed by atoms with Gasteiger partial charge in [-0.15, -0.1) is 0 Å². The summed E-state index contributed by atoms with van der Waals surface area (Å²) in [5.41, 5.74) is 10.1. The molecule has 200 valence electrons. The number of piperidine rings is 1. The van der Waals surface area contributed by atoms with Crippen LogP contribution in [0.15, 0.2) is 60.8 Å². The molecule has 3 heterocycles. The normalized spacial score (nSPS) is 14.7. The number of nitrogens with one attached hydrogen (secondary N) is 4. The molecule has 1 saturated heterocycles. The molecule has 1 fully saturated rings. The molecule has 0 radical (unpaired) electrons. The summed E-state index contributed by atoms with van der Waals surface area (Å²) in [6.07, 6.45) is 3.34. The van der Waals surface area contributed by atoms with Gasteiger partial charge in [0, 0.05) is 42.7 Å². The highest BCUT2D eigenvalue weighted by molar-refractivity contribution is 6.11. The van der Waals surface area contributed by atoms with Crippen molar-refractivity contribution >= 4 is 50.9 Å². The number of carbonyl (C=O) groups is 1. The first-order valence-electron chi connectivity index (χ1n) is 12.8. The summed E-state index contributed by atoms with van der Waals surface area (Å²) >= 11 is 0. The molecule has 1 aliphatic rings. The molecule has 1 amide bonds. The van der Waals surface area contributed by atoms with Crippen molar-refractivity contribution in [3.63, 3.8) is 0 Å². The maximum atomic E-state index is 14.2. The molecular formula is C28H28F2N8O. The smallest absolute Gasteiger partial charge is 0.272 e. The zero-order chi connectivity index (χ0) is 27.1. The number of hydrogen-bond donors (Lipinski definition) is 5. The Morgan fingerprint density at radius 1 is 1.10 bits per heavy atom. The molecule has 0 unspecified atom stereocenters. The van der Waals surface area contributed by atoms with Crippen LogP contribution in [-0.2, 0) is 5.92 Å². The van der Waals surface area contributed by atoms with Crippen molar-refractivity contribution in [1.29, 1.82) is 0 Å². The highest BCUT2D eigenvalue weighted by Gasteiger charge is 2.28. The summed E-state index contributed by atoms with van der Waals surface area (Å²) in [5, 5.41) is 13.9. The Morgan fingerprint density at radius 3 is 2.69 bits per heavy atom. The van der Waals surface area contributed by atoms with E-state index in [9.17, 15) is 13.6 Å². The number of nitrogens with two attached hydrogens (primary N) is 1. The number of imidazole rings is 1.